The largest absolute Gasteiger partial charge is 0.472 e. The summed E-state index contributed by atoms with van der Waals surface area (Å²) in [4.78, 5) is 35.7. The van der Waals surface area contributed by atoms with Crippen molar-refractivity contribution in [2.45, 2.75) is 224 Å². The standard InChI is InChI=1S/C49H85O13P/c1-3-5-7-9-11-13-15-17-19-20-21-22-24-25-27-29-31-33-35-37-42(50)59-39-41(40-60-63(57,58)62-49-47(55)45(53)44(52)46(54)48(49)56)61-43(51)38-36-34-32-30-28-26-23-18-16-14-12-10-8-6-4-2/h11-14,17-19,21-23,41,44-49,52-56H,3-10,15-16,20,24-40H2,1-2H3,(H,57,58)/b13-11-,14-12-,19-17-,22-21-,23-18-/t41-,44?,45-,46+,47-,48-,49?/m1/s1. The molecule has 1 aliphatic rings. The molecule has 6 N–H and O–H groups in total. The average molecular weight is 913 g/mol. The molecule has 3 unspecified atom stereocenters. The van der Waals surface area contributed by atoms with E-state index in [1.807, 2.05) is 0 Å². The molecule has 0 aromatic heterocycles. The molecular formula is C49H85O13P. The molecule has 1 fully saturated rings. The highest BCUT2D eigenvalue weighted by molar-refractivity contribution is 7.47. The van der Waals surface area contributed by atoms with E-state index in [0.29, 0.717) is 12.8 Å². The molecule has 1 aliphatic carbocycles. The minimum Gasteiger partial charge on any atom is -0.462 e. The lowest BCUT2D eigenvalue weighted by Gasteiger charge is -2.41. The van der Waals surface area contributed by atoms with Gasteiger partial charge in [-0.3, -0.25) is 18.6 Å². The van der Waals surface area contributed by atoms with E-state index in [9.17, 15) is 44.6 Å². The van der Waals surface area contributed by atoms with Gasteiger partial charge < -0.3 is 39.9 Å². The molecule has 364 valence electrons. The van der Waals surface area contributed by atoms with Crippen LogP contribution in [0.4, 0.5) is 0 Å². The van der Waals surface area contributed by atoms with Gasteiger partial charge in [0.05, 0.1) is 6.61 Å². The Morgan fingerprint density at radius 2 is 0.857 bits per heavy atom. The summed E-state index contributed by atoms with van der Waals surface area (Å²) in [6, 6.07) is 0. The number of phosphoric acid groups is 1. The van der Waals surface area contributed by atoms with Crippen LogP contribution in [0.15, 0.2) is 60.8 Å². The number of hydrogen-bond acceptors (Lipinski definition) is 12. The maximum absolute atomic E-state index is 12.8. The second kappa shape index (κ2) is 38.8. The Balaban J connectivity index is 2.46. The summed E-state index contributed by atoms with van der Waals surface area (Å²) in [5.41, 5.74) is 0. The SMILES string of the molecule is CCCCC/C=C\C/C=C\C/C=C\CCCCCCCCC(=O)OC[C@H](COP(=O)(O)OC1[C@H](O)[C@H](O)C(O)[C@H](O)[C@H]1O)OC(=O)CCCCCCC/C=C\C/C=C\CCCCC. The number of aliphatic hydroxyl groups is 5. The van der Waals surface area contributed by atoms with Gasteiger partial charge in [0.15, 0.2) is 6.10 Å². The molecule has 0 spiro atoms. The van der Waals surface area contributed by atoms with Crippen LogP contribution >= 0.6 is 7.82 Å². The Morgan fingerprint density at radius 3 is 1.30 bits per heavy atom. The van der Waals surface area contributed by atoms with Crippen LogP contribution in [0.3, 0.4) is 0 Å². The van der Waals surface area contributed by atoms with E-state index in [2.05, 4.69) is 74.6 Å². The number of esters is 2. The van der Waals surface area contributed by atoms with Crippen LogP contribution in [0.1, 0.15) is 181 Å². The van der Waals surface area contributed by atoms with Crippen molar-refractivity contribution in [3.05, 3.63) is 60.8 Å². The molecule has 14 heteroatoms. The maximum Gasteiger partial charge on any atom is 0.472 e. The predicted octanol–water partition coefficient (Wildman–Crippen LogP) is 9.73. The predicted molar refractivity (Wildman–Crippen MR) is 249 cm³/mol. The van der Waals surface area contributed by atoms with Crippen LogP contribution in [0.2, 0.25) is 0 Å². The van der Waals surface area contributed by atoms with E-state index >= 15 is 0 Å². The third-order valence-corrected chi connectivity index (χ3v) is 11.8. The molecule has 1 saturated carbocycles. The smallest absolute Gasteiger partial charge is 0.462 e. The van der Waals surface area contributed by atoms with E-state index in [0.717, 1.165) is 96.3 Å². The zero-order valence-electron chi connectivity index (χ0n) is 38.6. The van der Waals surface area contributed by atoms with E-state index in [1.165, 1.54) is 44.9 Å². The fourth-order valence-corrected chi connectivity index (χ4v) is 7.88. The summed E-state index contributed by atoms with van der Waals surface area (Å²) in [6.07, 6.45) is 34.0. The fourth-order valence-electron chi connectivity index (χ4n) is 6.91. The number of rotatable bonds is 39. The molecular weight excluding hydrogens is 827 g/mol. The first-order chi connectivity index (χ1) is 30.4. The lowest BCUT2D eigenvalue weighted by molar-refractivity contribution is -0.220. The highest BCUT2D eigenvalue weighted by Crippen LogP contribution is 2.47. The molecule has 0 saturated heterocycles. The van der Waals surface area contributed by atoms with Crippen molar-refractivity contribution < 1.29 is 63.1 Å². The lowest BCUT2D eigenvalue weighted by atomic mass is 9.85. The summed E-state index contributed by atoms with van der Waals surface area (Å²) in [5.74, 6) is -1.13. The number of ether oxygens (including phenoxy) is 2. The zero-order chi connectivity index (χ0) is 46.4. The molecule has 1 rings (SSSR count). The van der Waals surface area contributed by atoms with Crippen molar-refractivity contribution in [2.24, 2.45) is 0 Å². The Hall–Kier alpha value is -2.45. The molecule has 8 atom stereocenters. The molecule has 0 amide bonds. The summed E-state index contributed by atoms with van der Waals surface area (Å²) in [5, 5.41) is 50.2. The van der Waals surface area contributed by atoms with Crippen molar-refractivity contribution in [2.75, 3.05) is 13.2 Å². The van der Waals surface area contributed by atoms with Gasteiger partial charge in [0, 0.05) is 12.8 Å². The van der Waals surface area contributed by atoms with Gasteiger partial charge in [0.2, 0.25) is 0 Å². The zero-order valence-corrected chi connectivity index (χ0v) is 39.5. The summed E-state index contributed by atoms with van der Waals surface area (Å²) in [7, 11) is -5.13. The van der Waals surface area contributed by atoms with E-state index in [1.54, 1.807) is 0 Å². The number of aliphatic hydroxyl groups excluding tert-OH is 5. The summed E-state index contributed by atoms with van der Waals surface area (Å²) < 4.78 is 33.5. The van der Waals surface area contributed by atoms with Gasteiger partial charge in [0.1, 0.15) is 43.2 Å². The third kappa shape index (κ3) is 31.2. The first-order valence-corrected chi connectivity index (χ1v) is 25.6. The number of phosphoric ester groups is 1. The maximum atomic E-state index is 12.8. The van der Waals surface area contributed by atoms with Gasteiger partial charge in [-0.15, -0.1) is 0 Å². The van der Waals surface area contributed by atoms with E-state index < -0.39 is 75.7 Å². The van der Waals surface area contributed by atoms with E-state index in [-0.39, 0.29) is 12.8 Å². The monoisotopic (exact) mass is 913 g/mol. The topological polar surface area (TPSA) is 210 Å². The molecule has 13 nitrogen and oxygen atoms in total. The highest BCUT2D eigenvalue weighted by Gasteiger charge is 2.51. The minimum atomic E-state index is -5.13. The first kappa shape index (κ1) is 58.6. The minimum absolute atomic E-state index is 0.0752. The van der Waals surface area contributed by atoms with Gasteiger partial charge in [0.25, 0.3) is 0 Å². The van der Waals surface area contributed by atoms with E-state index in [4.69, 9.17) is 18.5 Å². The molecule has 0 bridgehead atoms. The van der Waals surface area contributed by atoms with Gasteiger partial charge in [-0.1, -0.05) is 145 Å². The van der Waals surface area contributed by atoms with Crippen molar-refractivity contribution in [1.82, 2.24) is 0 Å². The number of hydrogen-bond donors (Lipinski definition) is 6. The van der Waals surface area contributed by atoms with Crippen molar-refractivity contribution in [3.63, 3.8) is 0 Å². The first-order valence-electron chi connectivity index (χ1n) is 24.1. The number of unbranched alkanes of at least 4 members (excludes halogenated alkanes) is 17. The molecule has 0 aliphatic heterocycles. The molecule has 0 radical (unpaired) electrons. The Morgan fingerprint density at radius 1 is 0.492 bits per heavy atom. The van der Waals surface area contributed by atoms with Crippen molar-refractivity contribution >= 4 is 19.8 Å². The van der Waals surface area contributed by atoms with Crippen LogP contribution < -0.4 is 0 Å². The average Bonchev–Trinajstić information content (AvgIpc) is 3.26. The fraction of sp³-hybridized carbons (Fsp3) is 0.755. The summed E-state index contributed by atoms with van der Waals surface area (Å²) >= 11 is 0. The molecule has 0 aromatic rings. The number of carbonyl (C=O) groups excluding carboxylic acids is 2. The van der Waals surface area contributed by atoms with Crippen LogP contribution in [-0.2, 0) is 32.7 Å². The number of allylic oxidation sites excluding steroid dienone is 10. The van der Waals surface area contributed by atoms with Crippen molar-refractivity contribution in [3.8, 4) is 0 Å². The van der Waals surface area contributed by atoms with Gasteiger partial charge in [-0.2, -0.15) is 0 Å². The Kier molecular flexibility index (Phi) is 36.1. The molecule has 0 heterocycles. The van der Waals surface area contributed by atoms with Crippen LogP contribution in [-0.4, -0.2) is 98.3 Å². The normalized spacial score (nSPS) is 22.2. The van der Waals surface area contributed by atoms with Gasteiger partial charge >= 0.3 is 19.8 Å². The van der Waals surface area contributed by atoms with Gasteiger partial charge in [-0.25, -0.2) is 4.57 Å². The Bertz CT molecular complexity index is 1330. The molecule has 63 heavy (non-hydrogen) atoms. The number of carbonyl (C=O) groups is 2. The Labute approximate surface area is 379 Å². The third-order valence-electron chi connectivity index (χ3n) is 10.8. The van der Waals surface area contributed by atoms with Crippen molar-refractivity contribution in [1.29, 1.82) is 0 Å². The highest BCUT2D eigenvalue weighted by atomic mass is 31.2. The van der Waals surface area contributed by atoms with Crippen LogP contribution in [0.25, 0.3) is 0 Å². The lowest BCUT2D eigenvalue weighted by Crippen LogP contribution is -2.64. The summed E-state index contributed by atoms with van der Waals surface area (Å²) in [6.45, 7) is 3.22. The quantitative estimate of drug-likeness (QED) is 0.0147. The van der Waals surface area contributed by atoms with Crippen LogP contribution in [0, 0.1) is 0 Å². The second-order valence-electron chi connectivity index (χ2n) is 16.6. The second-order valence-corrected chi connectivity index (χ2v) is 18.0. The van der Waals surface area contributed by atoms with Gasteiger partial charge in [-0.05, 0) is 83.5 Å². The molecule has 0 aromatic carbocycles. The van der Waals surface area contributed by atoms with Crippen LogP contribution in [0.5, 0.6) is 0 Å².